The number of aliphatic hydroxyl groups is 1. The highest BCUT2D eigenvalue weighted by Crippen LogP contribution is 2.23. The molecule has 0 aromatic heterocycles. The van der Waals surface area contributed by atoms with Crippen molar-refractivity contribution < 1.29 is 9.90 Å². The Hall–Kier alpha value is -1.35. The lowest BCUT2D eigenvalue weighted by Gasteiger charge is -2.28. The fourth-order valence-electron chi connectivity index (χ4n) is 1.75. The molecule has 2 N–H and O–H groups in total. The molecule has 1 aromatic rings. The zero-order chi connectivity index (χ0) is 9.97. The van der Waals surface area contributed by atoms with E-state index in [0.717, 1.165) is 5.56 Å². The highest BCUT2D eigenvalue weighted by Gasteiger charge is 2.27. The highest BCUT2D eigenvalue weighted by atomic mass is 16.3. The minimum atomic E-state index is -0.463. The summed E-state index contributed by atoms with van der Waals surface area (Å²) in [6, 6.07) is 9.32. The van der Waals surface area contributed by atoms with Crippen molar-refractivity contribution in [3.05, 3.63) is 35.9 Å². The van der Waals surface area contributed by atoms with Crippen molar-refractivity contribution in [2.24, 2.45) is 0 Å². The molecule has 2 unspecified atom stereocenters. The Kier molecular flexibility index (Phi) is 2.50. The molecular weight excluding hydrogens is 178 g/mol. The first-order valence-electron chi connectivity index (χ1n) is 4.80. The Morgan fingerprint density at radius 3 is 2.71 bits per heavy atom. The molecule has 0 radical (unpaired) electrons. The summed E-state index contributed by atoms with van der Waals surface area (Å²) in [5, 5.41) is 12.5. The third-order valence-electron chi connectivity index (χ3n) is 2.53. The van der Waals surface area contributed by atoms with Gasteiger partial charge in [-0.2, -0.15) is 0 Å². The summed E-state index contributed by atoms with van der Waals surface area (Å²) in [6.45, 7) is 0. The van der Waals surface area contributed by atoms with Crippen molar-refractivity contribution in [2.75, 3.05) is 0 Å². The second-order valence-electron chi connectivity index (χ2n) is 3.56. The normalized spacial score (nSPS) is 27.1. The van der Waals surface area contributed by atoms with E-state index in [0.29, 0.717) is 12.8 Å². The lowest BCUT2D eigenvalue weighted by molar-refractivity contribution is -0.126. The van der Waals surface area contributed by atoms with Crippen molar-refractivity contribution in [2.45, 2.75) is 25.0 Å². The van der Waals surface area contributed by atoms with Crippen LogP contribution in [0.15, 0.2) is 30.3 Å². The molecule has 0 spiro atoms. The fraction of sp³-hybridized carbons (Fsp3) is 0.364. The molecule has 0 saturated carbocycles. The number of amides is 1. The molecule has 14 heavy (non-hydrogen) atoms. The smallest absolute Gasteiger partial charge is 0.220 e. The molecule has 0 aliphatic carbocycles. The van der Waals surface area contributed by atoms with Crippen LogP contribution in [0.4, 0.5) is 0 Å². The van der Waals surface area contributed by atoms with Crippen LogP contribution in [0.25, 0.3) is 0 Å². The van der Waals surface area contributed by atoms with E-state index >= 15 is 0 Å². The largest absolute Gasteiger partial charge is 0.391 e. The van der Waals surface area contributed by atoms with Crippen LogP contribution >= 0.6 is 0 Å². The summed E-state index contributed by atoms with van der Waals surface area (Å²) in [7, 11) is 0. The van der Waals surface area contributed by atoms with Gasteiger partial charge in [0.1, 0.15) is 0 Å². The lowest BCUT2D eigenvalue weighted by atomic mass is 9.94. The molecule has 3 nitrogen and oxygen atoms in total. The molecule has 3 heteroatoms. The van der Waals surface area contributed by atoms with Gasteiger partial charge < -0.3 is 10.4 Å². The summed E-state index contributed by atoms with van der Waals surface area (Å²) in [6.07, 6.45) is 0.505. The minimum absolute atomic E-state index is 0.0177. The zero-order valence-corrected chi connectivity index (χ0v) is 7.81. The van der Waals surface area contributed by atoms with E-state index in [9.17, 15) is 9.90 Å². The van der Waals surface area contributed by atoms with Gasteiger partial charge in [0, 0.05) is 6.42 Å². The number of aliphatic hydroxyl groups excluding tert-OH is 1. The molecular formula is C11H13NO2. The van der Waals surface area contributed by atoms with E-state index in [4.69, 9.17) is 0 Å². The number of nitrogens with one attached hydrogen (secondary N) is 1. The summed E-state index contributed by atoms with van der Waals surface area (Å²) in [5.41, 5.74) is 0.966. The Balaban J connectivity index is 2.20. The first-order chi connectivity index (χ1) is 6.77. The summed E-state index contributed by atoms with van der Waals surface area (Å²) in [4.78, 5) is 11.2. The van der Waals surface area contributed by atoms with Crippen molar-refractivity contribution in [3.8, 4) is 0 Å². The number of carbonyl (C=O) groups excluding carboxylic acids is 1. The third kappa shape index (κ3) is 1.77. The van der Waals surface area contributed by atoms with Crippen LogP contribution < -0.4 is 5.32 Å². The van der Waals surface area contributed by atoms with Gasteiger partial charge in [-0.15, -0.1) is 0 Å². The first kappa shape index (κ1) is 9.21. The lowest BCUT2D eigenvalue weighted by Crippen LogP contribution is -2.41. The van der Waals surface area contributed by atoms with E-state index in [1.807, 2.05) is 30.3 Å². The molecule has 0 bridgehead atoms. The van der Waals surface area contributed by atoms with Gasteiger partial charge in [-0.05, 0) is 12.0 Å². The average molecular weight is 191 g/mol. The molecule has 1 aromatic carbocycles. The maximum atomic E-state index is 11.2. The second-order valence-corrected chi connectivity index (χ2v) is 3.56. The Labute approximate surface area is 82.8 Å². The molecule has 1 aliphatic rings. The number of benzene rings is 1. The minimum Gasteiger partial charge on any atom is -0.391 e. The van der Waals surface area contributed by atoms with E-state index in [2.05, 4.69) is 5.32 Å². The maximum absolute atomic E-state index is 11.2. The summed E-state index contributed by atoms with van der Waals surface area (Å²) >= 11 is 0. The van der Waals surface area contributed by atoms with E-state index in [-0.39, 0.29) is 11.9 Å². The van der Waals surface area contributed by atoms with Crippen molar-refractivity contribution >= 4 is 5.91 Å². The van der Waals surface area contributed by atoms with E-state index < -0.39 is 6.10 Å². The first-order valence-corrected chi connectivity index (χ1v) is 4.80. The van der Waals surface area contributed by atoms with Gasteiger partial charge in [0.15, 0.2) is 0 Å². The van der Waals surface area contributed by atoms with Crippen molar-refractivity contribution in [1.29, 1.82) is 0 Å². The molecule has 74 valence electrons. The summed E-state index contributed by atoms with van der Waals surface area (Å²) in [5.74, 6) is 0.0177. The van der Waals surface area contributed by atoms with Gasteiger partial charge in [0.05, 0.1) is 12.1 Å². The number of hydrogen-bond donors (Lipinski definition) is 2. The fourth-order valence-corrected chi connectivity index (χ4v) is 1.75. The predicted octanol–water partition coefficient (Wildman–Crippen LogP) is 0.999. The van der Waals surface area contributed by atoms with Gasteiger partial charge in [-0.1, -0.05) is 30.3 Å². The van der Waals surface area contributed by atoms with Crippen molar-refractivity contribution in [1.82, 2.24) is 5.32 Å². The number of carbonyl (C=O) groups is 1. The van der Waals surface area contributed by atoms with Gasteiger partial charge in [-0.3, -0.25) is 4.79 Å². The monoisotopic (exact) mass is 191 g/mol. The standard InChI is InChI=1S/C11H13NO2/c13-9-6-7-10(14)12-11(9)8-4-2-1-3-5-8/h1-5,9,11,13H,6-7H2,(H,12,14). The van der Waals surface area contributed by atoms with Crippen LogP contribution in [0.2, 0.25) is 0 Å². The summed E-state index contributed by atoms with van der Waals surface area (Å²) < 4.78 is 0. The average Bonchev–Trinajstić information content (AvgIpc) is 2.23. The zero-order valence-electron chi connectivity index (χ0n) is 7.81. The maximum Gasteiger partial charge on any atom is 0.220 e. The van der Waals surface area contributed by atoms with Gasteiger partial charge >= 0.3 is 0 Å². The quantitative estimate of drug-likeness (QED) is 0.695. The predicted molar refractivity (Wildman–Crippen MR) is 52.6 cm³/mol. The van der Waals surface area contributed by atoms with Crippen LogP contribution in [0.1, 0.15) is 24.4 Å². The molecule has 1 aliphatic heterocycles. The molecule has 1 fully saturated rings. The third-order valence-corrected chi connectivity index (χ3v) is 2.53. The second kappa shape index (κ2) is 3.80. The van der Waals surface area contributed by atoms with Crippen LogP contribution in [-0.2, 0) is 4.79 Å². The van der Waals surface area contributed by atoms with Gasteiger partial charge in [-0.25, -0.2) is 0 Å². The van der Waals surface area contributed by atoms with Crippen LogP contribution in [0.3, 0.4) is 0 Å². The topological polar surface area (TPSA) is 49.3 Å². The number of piperidine rings is 1. The van der Waals surface area contributed by atoms with Gasteiger partial charge in [0.25, 0.3) is 0 Å². The Bertz CT molecular complexity index is 323. The molecule has 2 atom stereocenters. The highest BCUT2D eigenvalue weighted by molar-refractivity contribution is 5.77. The number of hydrogen-bond acceptors (Lipinski definition) is 2. The Morgan fingerprint density at radius 1 is 1.29 bits per heavy atom. The number of rotatable bonds is 1. The van der Waals surface area contributed by atoms with Gasteiger partial charge in [0.2, 0.25) is 5.91 Å². The van der Waals surface area contributed by atoms with Crippen molar-refractivity contribution in [3.63, 3.8) is 0 Å². The molecule has 1 heterocycles. The molecule has 1 saturated heterocycles. The van der Waals surface area contributed by atoms with E-state index in [1.165, 1.54) is 0 Å². The molecule has 1 amide bonds. The van der Waals surface area contributed by atoms with E-state index in [1.54, 1.807) is 0 Å². The molecule has 2 rings (SSSR count). The van der Waals surface area contributed by atoms with Crippen LogP contribution in [0, 0.1) is 0 Å². The SMILES string of the molecule is O=C1CCC(O)C(c2ccccc2)N1. The Morgan fingerprint density at radius 2 is 2.00 bits per heavy atom. The van der Waals surface area contributed by atoms with Crippen LogP contribution in [-0.4, -0.2) is 17.1 Å². The van der Waals surface area contributed by atoms with Crippen LogP contribution in [0.5, 0.6) is 0 Å².